The van der Waals surface area contributed by atoms with Crippen LogP contribution in [0.25, 0.3) is 32.4 Å². The van der Waals surface area contributed by atoms with Gasteiger partial charge in [-0.25, -0.2) is 15.0 Å². The molecule has 0 saturated heterocycles. The van der Waals surface area contributed by atoms with Gasteiger partial charge >= 0.3 is 0 Å². The Hall–Kier alpha value is -2.74. The van der Waals surface area contributed by atoms with E-state index in [9.17, 15) is 0 Å². The Bertz CT molecular complexity index is 1030. The number of H-pyrrole nitrogens is 1. The van der Waals surface area contributed by atoms with E-state index in [2.05, 4.69) is 47.1 Å². The number of anilines is 1. The third kappa shape index (κ3) is 2.58. The van der Waals surface area contributed by atoms with Crippen LogP contribution in [0.15, 0.2) is 24.7 Å². The summed E-state index contributed by atoms with van der Waals surface area (Å²) in [6.07, 6.45) is 5.49. The normalized spacial score (nSPS) is 11.6. The van der Waals surface area contributed by atoms with E-state index in [1.54, 1.807) is 23.7 Å². The van der Waals surface area contributed by atoms with Crippen molar-refractivity contribution in [3.05, 3.63) is 30.2 Å². The largest absolute Gasteiger partial charge is 0.372 e. The Morgan fingerprint density at radius 3 is 2.76 bits per heavy atom. The van der Waals surface area contributed by atoms with Crippen molar-refractivity contribution in [2.45, 2.75) is 26.8 Å². The number of imidazole rings is 1. The number of aryl methyl sites for hydroxylation is 1. The summed E-state index contributed by atoms with van der Waals surface area (Å²) < 4.78 is 1.97. The SMILES string of the molecule is CNc1nc(-c2ncc[nH]2)nc2sc(-c3ccn(C(C)C)n3)c(C)c12. The molecule has 25 heavy (non-hydrogen) atoms. The smallest absolute Gasteiger partial charge is 0.199 e. The van der Waals surface area contributed by atoms with Crippen molar-refractivity contribution in [3.8, 4) is 22.2 Å². The van der Waals surface area contributed by atoms with Crippen LogP contribution in [0.5, 0.6) is 0 Å². The number of hydrogen-bond acceptors (Lipinski definition) is 6. The van der Waals surface area contributed by atoms with Crippen molar-refractivity contribution in [3.63, 3.8) is 0 Å². The Morgan fingerprint density at radius 2 is 2.12 bits per heavy atom. The Balaban J connectivity index is 1.91. The van der Waals surface area contributed by atoms with E-state index >= 15 is 0 Å². The lowest BCUT2D eigenvalue weighted by Gasteiger charge is -2.05. The van der Waals surface area contributed by atoms with Crippen molar-refractivity contribution in [1.82, 2.24) is 29.7 Å². The van der Waals surface area contributed by atoms with E-state index in [1.807, 2.05) is 17.9 Å². The molecule has 0 unspecified atom stereocenters. The zero-order valence-electron chi connectivity index (χ0n) is 14.5. The molecule has 0 fully saturated rings. The van der Waals surface area contributed by atoms with E-state index < -0.39 is 0 Å². The molecule has 128 valence electrons. The fraction of sp³-hybridized carbons (Fsp3) is 0.294. The lowest BCUT2D eigenvalue weighted by molar-refractivity contribution is 0.534. The van der Waals surface area contributed by atoms with Crippen molar-refractivity contribution in [2.75, 3.05) is 12.4 Å². The first-order chi connectivity index (χ1) is 12.1. The molecule has 0 radical (unpaired) electrons. The molecular weight excluding hydrogens is 334 g/mol. The van der Waals surface area contributed by atoms with Crippen LogP contribution >= 0.6 is 11.3 Å². The van der Waals surface area contributed by atoms with Crippen LogP contribution in [-0.4, -0.2) is 36.8 Å². The van der Waals surface area contributed by atoms with Gasteiger partial charge in [0.2, 0.25) is 0 Å². The summed E-state index contributed by atoms with van der Waals surface area (Å²) in [6.45, 7) is 6.34. The summed E-state index contributed by atoms with van der Waals surface area (Å²) in [7, 11) is 1.87. The highest BCUT2D eigenvalue weighted by Gasteiger charge is 2.19. The number of fused-ring (bicyclic) bond motifs is 1. The summed E-state index contributed by atoms with van der Waals surface area (Å²) in [6, 6.07) is 2.39. The van der Waals surface area contributed by atoms with Crippen LogP contribution in [0, 0.1) is 6.92 Å². The van der Waals surface area contributed by atoms with Crippen LogP contribution in [0.2, 0.25) is 0 Å². The first kappa shape index (κ1) is 15.8. The monoisotopic (exact) mass is 353 g/mol. The van der Waals surface area contributed by atoms with Gasteiger partial charge in [0, 0.05) is 31.7 Å². The topological polar surface area (TPSA) is 84.3 Å². The molecule has 0 aliphatic heterocycles. The van der Waals surface area contributed by atoms with Gasteiger partial charge in [0.1, 0.15) is 16.3 Å². The molecule has 7 nitrogen and oxygen atoms in total. The minimum absolute atomic E-state index is 0.335. The van der Waals surface area contributed by atoms with Gasteiger partial charge in [0.25, 0.3) is 0 Å². The summed E-state index contributed by atoms with van der Waals surface area (Å²) in [4.78, 5) is 18.7. The van der Waals surface area contributed by atoms with Gasteiger partial charge in [-0.15, -0.1) is 11.3 Å². The average molecular weight is 353 g/mol. The maximum atomic E-state index is 4.71. The molecule has 0 aromatic carbocycles. The third-order valence-electron chi connectivity index (χ3n) is 4.11. The predicted molar refractivity (Wildman–Crippen MR) is 101 cm³/mol. The molecule has 4 rings (SSSR count). The summed E-state index contributed by atoms with van der Waals surface area (Å²) in [5, 5.41) is 8.93. The Morgan fingerprint density at radius 1 is 1.28 bits per heavy atom. The molecule has 0 saturated carbocycles. The van der Waals surface area contributed by atoms with Crippen molar-refractivity contribution < 1.29 is 0 Å². The molecule has 0 atom stereocenters. The standard InChI is InChI=1S/C17H19N7S/c1-9(2)24-8-5-11(23-24)13-10(3)12-14(18-4)21-16(22-17(12)25-13)15-19-6-7-20-15/h5-9H,1-4H3,(H,19,20)(H,18,21,22). The second kappa shape index (κ2) is 5.96. The van der Waals surface area contributed by atoms with E-state index in [1.165, 1.54) is 0 Å². The minimum atomic E-state index is 0.335. The average Bonchev–Trinajstić information content (AvgIpc) is 3.33. The number of nitrogens with zero attached hydrogens (tertiary/aromatic N) is 5. The number of aromatic nitrogens is 6. The molecule has 0 aliphatic rings. The lowest BCUT2D eigenvalue weighted by Crippen LogP contribution is -2.00. The van der Waals surface area contributed by atoms with Crippen LogP contribution in [0.3, 0.4) is 0 Å². The van der Waals surface area contributed by atoms with Gasteiger partial charge in [0.15, 0.2) is 11.6 Å². The minimum Gasteiger partial charge on any atom is -0.372 e. The molecule has 4 aromatic rings. The quantitative estimate of drug-likeness (QED) is 0.582. The second-order valence-electron chi connectivity index (χ2n) is 6.09. The Labute approximate surface area is 149 Å². The zero-order valence-corrected chi connectivity index (χ0v) is 15.3. The summed E-state index contributed by atoms with van der Waals surface area (Å²) >= 11 is 1.63. The lowest BCUT2D eigenvalue weighted by atomic mass is 10.1. The first-order valence-electron chi connectivity index (χ1n) is 8.12. The maximum absolute atomic E-state index is 4.71. The van der Waals surface area contributed by atoms with E-state index in [0.717, 1.165) is 32.2 Å². The van der Waals surface area contributed by atoms with Gasteiger partial charge in [-0.2, -0.15) is 5.10 Å². The zero-order chi connectivity index (χ0) is 17.6. The Kier molecular flexibility index (Phi) is 3.76. The van der Waals surface area contributed by atoms with E-state index in [0.29, 0.717) is 17.7 Å². The summed E-state index contributed by atoms with van der Waals surface area (Å²) in [5.74, 6) is 2.05. The van der Waals surface area contributed by atoms with Crippen molar-refractivity contribution in [2.24, 2.45) is 0 Å². The highest BCUT2D eigenvalue weighted by molar-refractivity contribution is 7.22. The number of nitrogens with one attached hydrogen (secondary N) is 2. The van der Waals surface area contributed by atoms with Crippen molar-refractivity contribution in [1.29, 1.82) is 0 Å². The highest BCUT2D eigenvalue weighted by Crippen LogP contribution is 2.40. The van der Waals surface area contributed by atoms with E-state index in [-0.39, 0.29) is 0 Å². The number of aromatic amines is 1. The predicted octanol–water partition coefficient (Wildman–Crippen LogP) is 3.88. The highest BCUT2D eigenvalue weighted by atomic mass is 32.1. The van der Waals surface area contributed by atoms with Gasteiger partial charge in [-0.1, -0.05) is 0 Å². The summed E-state index contributed by atoms with van der Waals surface area (Å²) in [5.41, 5.74) is 2.11. The maximum Gasteiger partial charge on any atom is 0.199 e. The second-order valence-corrected chi connectivity index (χ2v) is 7.09. The molecule has 4 aromatic heterocycles. The van der Waals surface area contributed by atoms with Crippen LogP contribution in [0.4, 0.5) is 5.82 Å². The molecule has 8 heteroatoms. The molecule has 0 amide bonds. The number of hydrogen-bond donors (Lipinski definition) is 2. The molecule has 0 spiro atoms. The van der Waals surface area contributed by atoms with Crippen LogP contribution < -0.4 is 5.32 Å². The van der Waals surface area contributed by atoms with Crippen molar-refractivity contribution >= 4 is 27.4 Å². The number of rotatable bonds is 4. The van der Waals surface area contributed by atoms with Gasteiger partial charge in [-0.05, 0) is 32.4 Å². The first-order valence-corrected chi connectivity index (χ1v) is 8.94. The fourth-order valence-corrected chi connectivity index (χ4v) is 3.95. The van der Waals surface area contributed by atoms with Gasteiger partial charge in [0.05, 0.1) is 10.3 Å². The van der Waals surface area contributed by atoms with Crippen LogP contribution in [-0.2, 0) is 0 Å². The molecular formula is C17H19N7S. The molecule has 2 N–H and O–H groups in total. The fourth-order valence-electron chi connectivity index (χ4n) is 2.80. The molecule has 0 aliphatic carbocycles. The van der Waals surface area contributed by atoms with E-state index in [4.69, 9.17) is 10.1 Å². The van der Waals surface area contributed by atoms with Gasteiger partial charge < -0.3 is 10.3 Å². The molecule has 0 bridgehead atoms. The van der Waals surface area contributed by atoms with Gasteiger partial charge in [-0.3, -0.25) is 4.68 Å². The number of thiophene rings is 1. The molecule has 4 heterocycles. The van der Waals surface area contributed by atoms with Crippen LogP contribution in [0.1, 0.15) is 25.5 Å². The third-order valence-corrected chi connectivity index (χ3v) is 5.32.